The minimum Gasteiger partial charge on any atom is -0.466 e. The third-order valence-electron chi connectivity index (χ3n) is 2.34. The van der Waals surface area contributed by atoms with Crippen LogP contribution >= 0.6 is 0 Å². The van der Waals surface area contributed by atoms with Crippen molar-refractivity contribution in [3.63, 3.8) is 0 Å². The number of hydrogen-bond acceptors (Lipinski definition) is 4. The minimum atomic E-state index is -4.39. The van der Waals surface area contributed by atoms with Crippen molar-refractivity contribution < 1.29 is 36.6 Å². The van der Waals surface area contributed by atoms with Crippen molar-refractivity contribution in [3.8, 4) is 0 Å². The van der Waals surface area contributed by atoms with E-state index in [2.05, 4.69) is 11.3 Å². The van der Waals surface area contributed by atoms with E-state index in [-0.39, 0.29) is 13.0 Å². The fraction of sp³-hybridized carbons (Fsp3) is 0.692. The number of halogens is 4. The molecular formula is C13H18F4O4. The summed E-state index contributed by atoms with van der Waals surface area (Å²) in [5.74, 6) is -6.22. The highest BCUT2D eigenvalue weighted by Gasteiger charge is 2.42. The Morgan fingerprint density at radius 3 is 2.19 bits per heavy atom. The number of carbonyl (C=O) groups is 2. The molecule has 0 spiro atoms. The molecule has 0 atom stereocenters. The van der Waals surface area contributed by atoms with Crippen LogP contribution in [0, 0.1) is 0 Å². The number of alkyl halides is 4. The van der Waals surface area contributed by atoms with Crippen LogP contribution in [0.15, 0.2) is 12.7 Å². The van der Waals surface area contributed by atoms with Crippen LogP contribution in [0.2, 0.25) is 0 Å². The Balaban J connectivity index is 3.73. The van der Waals surface area contributed by atoms with E-state index < -0.39 is 37.3 Å². The highest BCUT2D eigenvalue weighted by atomic mass is 19.3. The molecule has 0 unspecified atom stereocenters. The summed E-state index contributed by atoms with van der Waals surface area (Å²) in [7, 11) is 0. The predicted octanol–water partition coefficient (Wildman–Crippen LogP) is 3.11. The Morgan fingerprint density at radius 1 is 1.10 bits per heavy atom. The third-order valence-corrected chi connectivity index (χ3v) is 2.34. The number of carbonyl (C=O) groups excluding carboxylic acids is 2. The Kier molecular flexibility index (Phi) is 9.40. The third kappa shape index (κ3) is 9.86. The molecule has 0 fully saturated rings. The Morgan fingerprint density at radius 2 is 1.67 bits per heavy atom. The van der Waals surface area contributed by atoms with Gasteiger partial charge in [-0.05, 0) is 19.3 Å². The average molecular weight is 314 g/mol. The lowest BCUT2D eigenvalue weighted by Crippen LogP contribution is -2.33. The van der Waals surface area contributed by atoms with Crippen molar-refractivity contribution in [1.82, 2.24) is 0 Å². The zero-order valence-electron chi connectivity index (χ0n) is 11.5. The van der Waals surface area contributed by atoms with Gasteiger partial charge in [-0.15, -0.1) is 6.58 Å². The van der Waals surface area contributed by atoms with Crippen LogP contribution < -0.4 is 0 Å². The van der Waals surface area contributed by atoms with Gasteiger partial charge in [0.2, 0.25) is 0 Å². The summed E-state index contributed by atoms with van der Waals surface area (Å²) < 4.78 is 57.2. The maximum absolute atomic E-state index is 12.4. The molecule has 0 aliphatic carbocycles. The highest BCUT2D eigenvalue weighted by Crippen LogP contribution is 2.23. The normalized spacial score (nSPS) is 11.3. The van der Waals surface area contributed by atoms with Crippen LogP contribution in [0.25, 0.3) is 0 Å². The number of allylic oxidation sites excluding steroid dienone is 1. The van der Waals surface area contributed by atoms with Gasteiger partial charge >= 0.3 is 24.3 Å². The Hall–Kier alpha value is -1.60. The monoisotopic (exact) mass is 314 g/mol. The van der Waals surface area contributed by atoms with E-state index in [1.54, 1.807) is 6.08 Å². The lowest BCUT2D eigenvalue weighted by Gasteiger charge is -2.14. The molecule has 4 nitrogen and oxygen atoms in total. The largest absolute Gasteiger partial charge is 0.466 e. The zero-order chi connectivity index (χ0) is 16.3. The molecule has 21 heavy (non-hydrogen) atoms. The van der Waals surface area contributed by atoms with Crippen molar-refractivity contribution >= 4 is 11.9 Å². The maximum Gasteiger partial charge on any atom is 0.340 e. The van der Waals surface area contributed by atoms with E-state index in [4.69, 9.17) is 4.74 Å². The van der Waals surface area contributed by atoms with E-state index in [1.807, 2.05) is 0 Å². The second-order valence-corrected chi connectivity index (χ2v) is 4.23. The molecule has 0 aliphatic heterocycles. The van der Waals surface area contributed by atoms with Crippen LogP contribution in [-0.4, -0.2) is 37.5 Å². The molecule has 0 radical (unpaired) electrons. The van der Waals surface area contributed by atoms with Gasteiger partial charge in [0.05, 0.1) is 19.4 Å². The quantitative estimate of drug-likeness (QED) is 0.254. The second kappa shape index (κ2) is 10.2. The molecule has 0 aromatic carbocycles. The van der Waals surface area contributed by atoms with Gasteiger partial charge in [-0.25, -0.2) is 8.78 Å². The fourth-order valence-corrected chi connectivity index (χ4v) is 1.16. The summed E-state index contributed by atoms with van der Waals surface area (Å²) in [4.78, 5) is 22.2. The van der Waals surface area contributed by atoms with Crippen molar-refractivity contribution in [3.05, 3.63) is 12.7 Å². The molecule has 0 saturated heterocycles. The van der Waals surface area contributed by atoms with E-state index in [1.165, 1.54) is 0 Å². The van der Waals surface area contributed by atoms with Crippen molar-refractivity contribution in [2.45, 2.75) is 44.5 Å². The lowest BCUT2D eigenvalue weighted by molar-refractivity contribution is -0.180. The molecule has 0 aromatic heterocycles. The molecule has 122 valence electrons. The first-order valence-electron chi connectivity index (χ1n) is 6.37. The first kappa shape index (κ1) is 19.4. The van der Waals surface area contributed by atoms with E-state index in [0.717, 1.165) is 12.8 Å². The van der Waals surface area contributed by atoms with Crippen LogP contribution in [-0.2, 0) is 19.1 Å². The molecule has 0 bridgehead atoms. The van der Waals surface area contributed by atoms with Crippen LogP contribution in [0.5, 0.6) is 0 Å². The average Bonchev–Trinajstić information content (AvgIpc) is 2.42. The first-order valence-corrected chi connectivity index (χ1v) is 6.37. The summed E-state index contributed by atoms with van der Waals surface area (Å²) in [6.07, 6.45) is -0.781. The predicted molar refractivity (Wildman–Crippen MR) is 66.2 cm³/mol. The number of unbranched alkanes of at least 4 members (excludes halogenated alkanes) is 2. The molecular weight excluding hydrogens is 296 g/mol. The van der Waals surface area contributed by atoms with Crippen molar-refractivity contribution in [2.24, 2.45) is 0 Å². The molecule has 0 rings (SSSR count). The van der Waals surface area contributed by atoms with Gasteiger partial charge in [-0.1, -0.05) is 6.08 Å². The van der Waals surface area contributed by atoms with Crippen molar-refractivity contribution in [1.29, 1.82) is 0 Å². The van der Waals surface area contributed by atoms with E-state index in [9.17, 15) is 27.2 Å². The zero-order valence-corrected chi connectivity index (χ0v) is 11.5. The molecule has 0 N–H and O–H groups in total. The van der Waals surface area contributed by atoms with Gasteiger partial charge < -0.3 is 9.47 Å². The second-order valence-electron chi connectivity index (χ2n) is 4.23. The molecule has 0 heterocycles. The molecule has 0 amide bonds. The lowest BCUT2D eigenvalue weighted by atomic mass is 10.2. The molecule has 0 saturated carbocycles. The number of esters is 2. The summed E-state index contributed by atoms with van der Waals surface area (Å²) >= 11 is 0. The molecule has 0 aromatic rings. The van der Waals surface area contributed by atoms with Gasteiger partial charge in [0.25, 0.3) is 0 Å². The van der Waals surface area contributed by atoms with Crippen LogP contribution in [0.4, 0.5) is 17.6 Å². The summed E-state index contributed by atoms with van der Waals surface area (Å²) in [6.45, 7) is 2.01. The van der Waals surface area contributed by atoms with Gasteiger partial charge in [0, 0.05) is 0 Å². The van der Waals surface area contributed by atoms with Gasteiger partial charge in [-0.3, -0.25) is 9.59 Å². The number of ether oxygens (including phenoxy) is 2. The SMILES string of the molecule is C=CCCCCOC(=O)CCC(=O)OCC(F)(F)C(F)F. The van der Waals surface area contributed by atoms with Gasteiger partial charge in [-0.2, -0.15) is 8.78 Å². The highest BCUT2D eigenvalue weighted by molar-refractivity contribution is 5.77. The summed E-state index contributed by atoms with van der Waals surface area (Å²) in [5.41, 5.74) is 0. The maximum atomic E-state index is 12.4. The number of hydrogen-bond donors (Lipinski definition) is 0. The Labute approximate surface area is 120 Å². The van der Waals surface area contributed by atoms with E-state index >= 15 is 0 Å². The number of rotatable bonds is 11. The topological polar surface area (TPSA) is 52.6 Å². The first-order chi connectivity index (χ1) is 9.79. The smallest absolute Gasteiger partial charge is 0.340 e. The molecule has 8 heteroatoms. The van der Waals surface area contributed by atoms with Crippen molar-refractivity contribution in [2.75, 3.05) is 13.2 Å². The summed E-state index contributed by atoms with van der Waals surface area (Å²) in [6, 6.07) is 0. The fourth-order valence-electron chi connectivity index (χ4n) is 1.16. The summed E-state index contributed by atoms with van der Waals surface area (Å²) in [5, 5.41) is 0. The standard InChI is InChI=1S/C13H18F4O4/c1-2-3-4-5-8-20-10(18)6-7-11(19)21-9-13(16,17)12(14)15/h2,12H,1,3-9H2. The van der Waals surface area contributed by atoms with Gasteiger partial charge in [0.15, 0.2) is 6.61 Å². The van der Waals surface area contributed by atoms with Gasteiger partial charge in [0.1, 0.15) is 0 Å². The van der Waals surface area contributed by atoms with E-state index in [0.29, 0.717) is 6.42 Å². The van der Waals surface area contributed by atoms with Crippen LogP contribution in [0.1, 0.15) is 32.1 Å². The van der Waals surface area contributed by atoms with Crippen LogP contribution in [0.3, 0.4) is 0 Å². The Bertz CT molecular complexity index is 345. The minimum absolute atomic E-state index is 0.186. The molecule has 0 aliphatic rings.